The molecule has 1 unspecified atom stereocenters. The van der Waals surface area contributed by atoms with Crippen LogP contribution >= 0.6 is 0 Å². The number of nitrogens with two attached hydrogens (primary N) is 1. The number of hydrogen-bond acceptors (Lipinski definition) is 3. The first-order chi connectivity index (χ1) is 7.44. The molecule has 4 nitrogen and oxygen atoms in total. The summed E-state index contributed by atoms with van der Waals surface area (Å²) < 4.78 is 1.94. The Balaban J connectivity index is 2.56. The van der Waals surface area contributed by atoms with Crippen LogP contribution in [0.4, 0.5) is 0 Å². The van der Waals surface area contributed by atoms with Gasteiger partial charge >= 0.3 is 0 Å². The van der Waals surface area contributed by atoms with Crippen molar-refractivity contribution in [1.82, 2.24) is 15.2 Å². The maximum Gasteiger partial charge on any atom is 0.0522 e. The number of nitrogens with zero attached hydrogens (tertiary/aromatic N) is 2. The Morgan fingerprint density at radius 2 is 2.19 bits per heavy atom. The van der Waals surface area contributed by atoms with Gasteiger partial charge in [0.2, 0.25) is 0 Å². The minimum atomic E-state index is 0.289. The monoisotopic (exact) mass is 224 g/mol. The molecule has 0 fully saturated rings. The molecular weight excluding hydrogens is 200 g/mol. The van der Waals surface area contributed by atoms with E-state index in [1.54, 1.807) is 0 Å². The summed E-state index contributed by atoms with van der Waals surface area (Å²) in [5.74, 6) is 5.59. The molecule has 16 heavy (non-hydrogen) atoms. The van der Waals surface area contributed by atoms with E-state index in [1.165, 1.54) is 5.56 Å². The van der Waals surface area contributed by atoms with Crippen LogP contribution in [0.25, 0.3) is 0 Å². The minimum Gasteiger partial charge on any atom is -0.273 e. The van der Waals surface area contributed by atoms with E-state index in [9.17, 15) is 0 Å². The van der Waals surface area contributed by atoms with Gasteiger partial charge in [0.25, 0.3) is 0 Å². The lowest BCUT2D eigenvalue weighted by Crippen LogP contribution is -2.39. The lowest BCUT2D eigenvalue weighted by atomic mass is 9.86. The highest BCUT2D eigenvalue weighted by molar-refractivity contribution is 5.06. The third-order valence-corrected chi connectivity index (χ3v) is 2.59. The van der Waals surface area contributed by atoms with Gasteiger partial charge in [0.05, 0.1) is 6.20 Å². The van der Waals surface area contributed by atoms with Crippen molar-refractivity contribution in [3.63, 3.8) is 0 Å². The molecule has 0 spiro atoms. The summed E-state index contributed by atoms with van der Waals surface area (Å²) in [6.07, 6.45) is 6.01. The smallest absolute Gasteiger partial charge is 0.0522 e. The van der Waals surface area contributed by atoms with Crippen molar-refractivity contribution >= 4 is 0 Å². The van der Waals surface area contributed by atoms with E-state index < -0.39 is 0 Å². The molecule has 1 aromatic rings. The second kappa shape index (κ2) is 5.46. The van der Waals surface area contributed by atoms with Crippen molar-refractivity contribution in [3.8, 4) is 0 Å². The Bertz CT molecular complexity index is 311. The summed E-state index contributed by atoms with van der Waals surface area (Å²) in [6.45, 7) is 9.69. The fourth-order valence-corrected chi connectivity index (χ4v) is 1.90. The maximum atomic E-state index is 5.59. The molecule has 1 atom stereocenters. The highest BCUT2D eigenvalue weighted by Gasteiger charge is 2.18. The van der Waals surface area contributed by atoms with Crippen LogP contribution in [0.1, 0.15) is 39.7 Å². The van der Waals surface area contributed by atoms with Crippen molar-refractivity contribution in [1.29, 1.82) is 0 Å². The molecule has 0 bridgehead atoms. The Hall–Kier alpha value is -0.870. The lowest BCUT2D eigenvalue weighted by Gasteiger charge is -2.25. The predicted octanol–water partition coefficient (Wildman–Crippen LogP) is 1.71. The number of aryl methyl sites for hydroxylation is 1. The Kier molecular flexibility index (Phi) is 4.50. The van der Waals surface area contributed by atoms with Crippen molar-refractivity contribution in [2.24, 2.45) is 11.3 Å². The number of hydrazine groups is 1. The van der Waals surface area contributed by atoms with E-state index in [4.69, 9.17) is 5.84 Å². The standard InChI is InChI=1S/C12H24N4/c1-5-16-9-10(8-14-16)6-11(15-13)7-12(2,3)4/h8-9,11,15H,5-7,13H2,1-4H3. The zero-order valence-electron chi connectivity index (χ0n) is 10.8. The fourth-order valence-electron chi connectivity index (χ4n) is 1.90. The molecule has 0 aliphatic rings. The normalized spacial score (nSPS) is 14.1. The van der Waals surface area contributed by atoms with Crippen LogP contribution in [0.15, 0.2) is 12.4 Å². The van der Waals surface area contributed by atoms with Gasteiger partial charge in [-0.15, -0.1) is 0 Å². The molecule has 0 aromatic carbocycles. The molecule has 1 rings (SSSR count). The predicted molar refractivity (Wildman–Crippen MR) is 66.8 cm³/mol. The fraction of sp³-hybridized carbons (Fsp3) is 0.750. The quantitative estimate of drug-likeness (QED) is 0.591. The van der Waals surface area contributed by atoms with Crippen LogP contribution in [-0.4, -0.2) is 15.8 Å². The van der Waals surface area contributed by atoms with Gasteiger partial charge < -0.3 is 0 Å². The van der Waals surface area contributed by atoms with E-state index in [1.807, 2.05) is 10.9 Å². The third kappa shape index (κ3) is 4.33. The van der Waals surface area contributed by atoms with Crippen LogP contribution in [0, 0.1) is 5.41 Å². The van der Waals surface area contributed by atoms with Crippen LogP contribution < -0.4 is 11.3 Å². The molecule has 0 aliphatic carbocycles. The highest BCUT2D eigenvalue weighted by atomic mass is 15.3. The average molecular weight is 224 g/mol. The van der Waals surface area contributed by atoms with Gasteiger partial charge in [-0.3, -0.25) is 16.0 Å². The summed E-state index contributed by atoms with van der Waals surface area (Å²) in [7, 11) is 0. The van der Waals surface area contributed by atoms with E-state index >= 15 is 0 Å². The van der Waals surface area contributed by atoms with Crippen LogP contribution in [0.2, 0.25) is 0 Å². The second-order valence-electron chi connectivity index (χ2n) is 5.54. The van der Waals surface area contributed by atoms with Gasteiger partial charge in [-0.25, -0.2) is 0 Å². The van der Waals surface area contributed by atoms with Crippen LogP contribution in [-0.2, 0) is 13.0 Å². The Morgan fingerprint density at radius 1 is 1.50 bits per heavy atom. The van der Waals surface area contributed by atoms with Gasteiger partial charge in [-0.1, -0.05) is 20.8 Å². The molecular formula is C12H24N4. The summed E-state index contributed by atoms with van der Waals surface area (Å²) in [4.78, 5) is 0. The third-order valence-electron chi connectivity index (χ3n) is 2.59. The molecule has 1 heterocycles. The van der Waals surface area contributed by atoms with E-state index in [0.717, 1.165) is 19.4 Å². The summed E-state index contributed by atoms with van der Waals surface area (Å²) in [5, 5.41) is 4.27. The summed E-state index contributed by atoms with van der Waals surface area (Å²) >= 11 is 0. The lowest BCUT2D eigenvalue weighted by molar-refractivity contribution is 0.308. The molecule has 92 valence electrons. The van der Waals surface area contributed by atoms with Gasteiger partial charge in [-0.05, 0) is 30.7 Å². The van der Waals surface area contributed by atoms with Gasteiger partial charge in [0, 0.05) is 18.8 Å². The zero-order chi connectivity index (χ0) is 12.2. The first-order valence-corrected chi connectivity index (χ1v) is 5.92. The number of rotatable bonds is 5. The largest absolute Gasteiger partial charge is 0.273 e. The van der Waals surface area contributed by atoms with Gasteiger partial charge in [-0.2, -0.15) is 5.10 Å². The van der Waals surface area contributed by atoms with Crippen molar-refractivity contribution < 1.29 is 0 Å². The van der Waals surface area contributed by atoms with Crippen molar-refractivity contribution in [2.75, 3.05) is 0 Å². The Labute approximate surface area is 98.2 Å². The average Bonchev–Trinajstić information content (AvgIpc) is 2.62. The molecule has 0 aliphatic heterocycles. The molecule has 3 N–H and O–H groups in total. The molecule has 0 radical (unpaired) electrons. The number of nitrogens with one attached hydrogen (secondary N) is 1. The summed E-state index contributed by atoms with van der Waals surface area (Å²) in [5.41, 5.74) is 4.43. The second-order valence-corrected chi connectivity index (χ2v) is 5.54. The molecule has 0 saturated carbocycles. The zero-order valence-corrected chi connectivity index (χ0v) is 10.8. The first kappa shape index (κ1) is 13.2. The molecule has 0 amide bonds. The van der Waals surface area contributed by atoms with Crippen LogP contribution in [0.5, 0.6) is 0 Å². The van der Waals surface area contributed by atoms with E-state index in [2.05, 4.69) is 44.4 Å². The first-order valence-electron chi connectivity index (χ1n) is 5.92. The van der Waals surface area contributed by atoms with E-state index in [0.29, 0.717) is 6.04 Å². The van der Waals surface area contributed by atoms with Crippen molar-refractivity contribution in [2.45, 2.75) is 53.1 Å². The minimum absolute atomic E-state index is 0.289. The number of hydrogen-bond donors (Lipinski definition) is 2. The SMILES string of the molecule is CCn1cc(CC(CC(C)(C)C)NN)cn1. The highest BCUT2D eigenvalue weighted by Crippen LogP contribution is 2.22. The van der Waals surface area contributed by atoms with Crippen LogP contribution in [0.3, 0.4) is 0 Å². The van der Waals surface area contributed by atoms with Gasteiger partial charge in [0.1, 0.15) is 0 Å². The topological polar surface area (TPSA) is 55.9 Å². The number of aromatic nitrogens is 2. The molecule has 0 saturated heterocycles. The molecule has 1 aromatic heterocycles. The summed E-state index contributed by atoms with van der Waals surface area (Å²) in [6, 6.07) is 0.314. The van der Waals surface area contributed by atoms with Crippen molar-refractivity contribution in [3.05, 3.63) is 18.0 Å². The molecule has 4 heteroatoms. The Morgan fingerprint density at radius 3 is 2.62 bits per heavy atom. The maximum absolute atomic E-state index is 5.59. The van der Waals surface area contributed by atoms with Gasteiger partial charge in [0.15, 0.2) is 0 Å². The van der Waals surface area contributed by atoms with E-state index in [-0.39, 0.29) is 5.41 Å².